The molecule has 1 unspecified atom stereocenters. The van der Waals surface area contributed by atoms with Crippen LogP contribution in [0.15, 0.2) is 30.3 Å². The van der Waals surface area contributed by atoms with Crippen molar-refractivity contribution < 1.29 is 9.59 Å². The standard InChI is InChI=1S/C23H35N3O2/c1-25(2)23(28)26-15-13-20(14-16-26)22(27)24-21(19-11-7-4-8-12-19)17-18-9-5-3-6-10-18/h4,7-8,11-12,18,20-21H,3,5-6,9-10,13-17H2,1-2H3,(H,24,27). The number of hydrogen-bond donors (Lipinski definition) is 1. The number of nitrogens with zero attached hydrogens (tertiary/aromatic N) is 2. The molecule has 1 saturated heterocycles. The van der Waals surface area contributed by atoms with E-state index in [9.17, 15) is 9.59 Å². The summed E-state index contributed by atoms with van der Waals surface area (Å²) in [4.78, 5) is 28.6. The van der Waals surface area contributed by atoms with Crippen LogP contribution >= 0.6 is 0 Å². The Morgan fingerprint density at radius 2 is 1.68 bits per heavy atom. The van der Waals surface area contributed by atoms with Crippen LogP contribution in [0, 0.1) is 11.8 Å². The van der Waals surface area contributed by atoms with Crippen LogP contribution in [-0.4, -0.2) is 48.9 Å². The van der Waals surface area contributed by atoms with E-state index in [4.69, 9.17) is 0 Å². The summed E-state index contributed by atoms with van der Waals surface area (Å²) in [6.07, 6.45) is 9.08. The van der Waals surface area contributed by atoms with E-state index in [0.29, 0.717) is 19.0 Å². The largest absolute Gasteiger partial charge is 0.349 e. The van der Waals surface area contributed by atoms with Gasteiger partial charge in [-0.05, 0) is 30.7 Å². The zero-order chi connectivity index (χ0) is 19.9. The molecule has 1 N–H and O–H groups in total. The van der Waals surface area contributed by atoms with Gasteiger partial charge in [-0.15, -0.1) is 0 Å². The molecule has 28 heavy (non-hydrogen) atoms. The predicted octanol–water partition coefficient (Wildman–Crippen LogP) is 4.21. The first-order valence-corrected chi connectivity index (χ1v) is 10.9. The third kappa shape index (κ3) is 5.49. The first-order chi connectivity index (χ1) is 13.5. The van der Waals surface area contributed by atoms with E-state index in [1.165, 1.54) is 37.7 Å². The lowest BCUT2D eigenvalue weighted by atomic mass is 9.83. The summed E-state index contributed by atoms with van der Waals surface area (Å²) in [5.41, 5.74) is 1.21. The van der Waals surface area contributed by atoms with Crippen LogP contribution in [0.2, 0.25) is 0 Å². The fourth-order valence-electron chi connectivity index (χ4n) is 4.63. The number of piperidine rings is 1. The Hall–Kier alpha value is -2.04. The quantitative estimate of drug-likeness (QED) is 0.825. The number of benzene rings is 1. The van der Waals surface area contributed by atoms with E-state index in [2.05, 4.69) is 29.6 Å². The van der Waals surface area contributed by atoms with Gasteiger partial charge >= 0.3 is 6.03 Å². The molecule has 1 aliphatic carbocycles. The molecule has 0 radical (unpaired) electrons. The van der Waals surface area contributed by atoms with Gasteiger partial charge in [-0.2, -0.15) is 0 Å². The molecular formula is C23H35N3O2. The second kappa shape index (κ2) is 9.94. The highest BCUT2D eigenvalue weighted by Gasteiger charge is 2.30. The number of likely N-dealkylation sites (tertiary alicyclic amines) is 1. The predicted molar refractivity (Wildman–Crippen MR) is 112 cm³/mol. The Bertz CT molecular complexity index is 633. The molecule has 2 aliphatic rings. The molecule has 154 valence electrons. The van der Waals surface area contributed by atoms with E-state index in [-0.39, 0.29) is 23.9 Å². The first-order valence-electron chi connectivity index (χ1n) is 10.9. The van der Waals surface area contributed by atoms with Crippen LogP contribution in [-0.2, 0) is 4.79 Å². The van der Waals surface area contributed by atoms with Crippen LogP contribution in [0.5, 0.6) is 0 Å². The van der Waals surface area contributed by atoms with Gasteiger partial charge in [-0.3, -0.25) is 4.79 Å². The van der Waals surface area contributed by atoms with Crippen molar-refractivity contribution in [2.45, 2.75) is 57.4 Å². The third-order valence-electron chi connectivity index (χ3n) is 6.33. The SMILES string of the molecule is CN(C)C(=O)N1CCC(C(=O)NC(CC2CCCCC2)c2ccccc2)CC1. The van der Waals surface area contributed by atoms with Crippen molar-refractivity contribution in [1.82, 2.24) is 15.1 Å². The van der Waals surface area contributed by atoms with Gasteiger partial charge in [-0.25, -0.2) is 4.79 Å². The van der Waals surface area contributed by atoms with Gasteiger partial charge in [0.25, 0.3) is 0 Å². The molecule has 5 heteroatoms. The maximum atomic E-state index is 13.0. The topological polar surface area (TPSA) is 52.7 Å². The van der Waals surface area contributed by atoms with Gasteiger partial charge in [0, 0.05) is 33.1 Å². The fourth-order valence-corrected chi connectivity index (χ4v) is 4.63. The minimum Gasteiger partial charge on any atom is -0.349 e. The molecule has 2 fully saturated rings. The average Bonchev–Trinajstić information content (AvgIpc) is 2.74. The maximum Gasteiger partial charge on any atom is 0.319 e. The Morgan fingerprint density at radius 3 is 2.29 bits per heavy atom. The summed E-state index contributed by atoms with van der Waals surface area (Å²) >= 11 is 0. The maximum absolute atomic E-state index is 13.0. The van der Waals surface area contributed by atoms with Gasteiger partial charge < -0.3 is 15.1 Å². The number of nitrogens with one attached hydrogen (secondary N) is 1. The molecule has 1 saturated carbocycles. The van der Waals surface area contributed by atoms with Crippen LogP contribution < -0.4 is 5.32 Å². The number of rotatable bonds is 5. The second-order valence-corrected chi connectivity index (χ2v) is 8.65. The van der Waals surface area contributed by atoms with Crippen molar-refractivity contribution in [2.24, 2.45) is 11.8 Å². The molecule has 3 rings (SSSR count). The minimum atomic E-state index is 0.00350. The highest BCUT2D eigenvalue weighted by atomic mass is 16.2. The highest BCUT2D eigenvalue weighted by molar-refractivity contribution is 5.80. The Morgan fingerprint density at radius 1 is 1.04 bits per heavy atom. The smallest absolute Gasteiger partial charge is 0.319 e. The number of carbonyl (C=O) groups is 2. The zero-order valence-electron chi connectivity index (χ0n) is 17.4. The fraction of sp³-hybridized carbons (Fsp3) is 0.652. The normalized spacial score (nSPS) is 19.9. The van der Waals surface area contributed by atoms with E-state index < -0.39 is 0 Å². The molecule has 1 aliphatic heterocycles. The van der Waals surface area contributed by atoms with Crippen LogP contribution in [0.3, 0.4) is 0 Å². The lowest BCUT2D eigenvalue weighted by molar-refractivity contribution is -0.127. The van der Waals surface area contributed by atoms with E-state index in [1.807, 2.05) is 11.0 Å². The summed E-state index contributed by atoms with van der Waals surface area (Å²) in [6, 6.07) is 10.5. The van der Waals surface area contributed by atoms with Gasteiger partial charge in [0.05, 0.1) is 6.04 Å². The van der Waals surface area contributed by atoms with Gasteiger partial charge in [-0.1, -0.05) is 62.4 Å². The van der Waals surface area contributed by atoms with Gasteiger partial charge in [0.2, 0.25) is 5.91 Å². The molecule has 1 heterocycles. The highest BCUT2D eigenvalue weighted by Crippen LogP contribution is 2.32. The van der Waals surface area contributed by atoms with E-state index >= 15 is 0 Å². The van der Waals surface area contributed by atoms with Gasteiger partial charge in [0.1, 0.15) is 0 Å². The number of carbonyl (C=O) groups excluding carboxylic acids is 2. The summed E-state index contributed by atoms with van der Waals surface area (Å²) in [5, 5.41) is 3.36. The Kier molecular flexibility index (Phi) is 7.35. The van der Waals surface area contributed by atoms with Crippen molar-refractivity contribution in [3.8, 4) is 0 Å². The first kappa shape index (κ1) is 20.7. The third-order valence-corrected chi connectivity index (χ3v) is 6.33. The number of amides is 3. The summed E-state index contributed by atoms with van der Waals surface area (Å²) in [5.74, 6) is 0.865. The van der Waals surface area contributed by atoms with Crippen LogP contribution in [0.25, 0.3) is 0 Å². The van der Waals surface area contributed by atoms with E-state index in [0.717, 1.165) is 19.3 Å². The van der Waals surface area contributed by atoms with Crippen molar-refractivity contribution in [1.29, 1.82) is 0 Å². The second-order valence-electron chi connectivity index (χ2n) is 8.65. The summed E-state index contributed by atoms with van der Waals surface area (Å²) in [6.45, 7) is 1.32. The molecule has 3 amide bonds. The average molecular weight is 386 g/mol. The van der Waals surface area contributed by atoms with Crippen molar-refractivity contribution in [2.75, 3.05) is 27.2 Å². The van der Waals surface area contributed by atoms with Crippen molar-refractivity contribution in [3.05, 3.63) is 35.9 Å². The lowest BCUT2D eigenvalue weighted by Gasteiger charge is -2.34. The number of urea groups is 1. The van der Waals surface area contributed by atoms with Crippen LogP contribution in [0.1, 0.15) is 63.0 Å². The monoisotopic (exact) mass is 385 g/mol. The summed E-state index contributed by atoms with van der Waals surface area (Å²) in [7, 11) is 3.55. The Labute approximate surface area is 169 Å². The van der Waals surface area contributed by atoms with Crippen molar-refractivity contribution >= 4 is 11.9 Å². The molecule has 0 bridgehead atoms. The Balaban J connectivity index is 1.59. The van der Waals surface area contributed by atoms with Gasteiger partial charge in [0.15, 0.2) is 0 Å². The minimum absolute atomic E-state index is 0.00350. The molecule has 5 nitrogen and oxygen atoms in total. The zero-order valence-corrected chi connectivity index (χ0v) is 17.4. The molecule has 1 aromatic rings. The molecule has 0 spiro atoms. The molecular weight excluding hydrogens is 350 g/mol. The molecule has 0 aromatic heterocycles. The number of hydrogen-bond acceptors (Lipinski definition) is 2. The van der Waals surface area contributed by atoms with Crippen LogP contribution in [0.4, 0.5) is 4.79 Å². The van der Waals surface area contributed by atoms with Crippen molar-refractivity contribution in [3.63, 3.8) is 0 Å². The lowest BCUT2D eigenvalue weighted by Crippen LogP contribution is -2.46. The van der Waals surface area contributed by atoms with E-state index in [1.54, 1.807) is 19.0 Å². The summed E-state index contributed by atoms with van der Waals surface area (Å²) < 4.78 is 0. The molecule has 1 aromatic carbocycles. The molecule has 1 atom stereocenters.